The van der Waals surface area contributed by atoms with E-state index in [9.17, 15) is 5.11 Å². The second-order valence-corrected chi connectivity index (χ2v) is 5.75. The van der Waals surface area contributed by atoms with Gasteiger partial charge in [-0.1, -0.05) is 18.2 Å². The predicted octanol–water partition coefficient (Wildman–Crippen LogP) is 3.58. The highest BCUT2D eigenvalue weighted by Crippen LogP contribution is 2.23. The molecular formula is C19H19N3O. The van der Waals surface area contributed by atoms with Gasteiger partial charge >= 0.3 is 0 Å². The van der Waals surface area contributed by atoms with E-state index in [2.05, 4.69) is 53.2 Å². The summed E-state index contributed by atoms with van der Waals surface area (Å²) in [5, 5.41) is 9.39. The van der Waals surface area contributed by atoms with Crippen LogP contribution in [-0.4, -0.2) is 34.1 Å². The molecule has 0 atom stereocenters. The molecule has 0 aliphatic carbocycles. The van der Waals surface area contributed by atoms with Crippen LogP contribution in [0.25, 0.3) is 22.6 Å². The molecule has 1 aromatic heterocycles. The molecule has 4 nitrogen and oxygen atoms in total. The molecule has 3 rings (SSSR count). The number of hydrogen-bond acceptors (Lipinski definition) is 4. The predicted molar refractivity (Wildman–Crippen MR) is 92.0 cm³/mol. The third-order valence-corrected chi connectivity index (χ3v) is 3.50. The van der Waals surface area contributed by atoms with Gasteiger partial charge in [-0.05, 0) is 56.1 Å². The summed E-state index contributed by atoms with van der Waals surface area (Å²) in [4.78, 5) is 11.1. The summed E-state index contributed by atoms with van der Waals surface area (Å²) < 4.78 is 0. The molecule has 0 amide bonds. The van der Waals surface area contributed by atoms with Crippen LogP contribution in [0.15, 0.2) is 60.8 Å². The Morgan fingerprint density at radius 2 is 1.74 bits per heavy atom. The first kappa shape index (κ1) is 15.2. The van der Waals surface area contributed by atoms with E-state index in [1.807, 2.05) is 18.2 Å². The fourth-order valence-corrected chi connectivity index (χ4v) is 2.46. The minimum atomic E-state index is 0.237. The summed E-state index contributed by atoms with van der Waals surface area (Å²) in [6.07, 6.45) is 1.77. The first-order chi connectivity index (χ1) is 11.1. The van der Waals surface area contributed by atoms with Crippen LogP contribution in [0.2, 0.25) is 0 Å². The molecule has 0 saturated heterocycles. The molecule has 0 spiro atoms. The van der Waals surface area contributed by atoms with Crippen LogP contribution in [-0.2, 0) is 6.54 Å². The molecule has 3 aromatic rings. The highest BCUT2D eigenvalue weighted by atomic mass is 16.3. The average molecular weight is 305 g/mol. The Kier molecular flexibility index (Phi) is 4.35. The maximum Gasteiger partial charge on any atom is 0.159 e. The number of nitrogens with zero attached hydrogens (tertiary/aromatic N) is 3. The van der Waals surface area contributed by atoms with Crippen LogP contribution in [0.1, 0.15) is 5.56 Å². The van der Waals surface area contributed by atoms with Crippen molar-refractivity contribution in [3.8, 4) is 28.4 Å². The van der Waals surface area contributed by atoms with Crippen LogP contribution >= 0.6 is 0 Å². The van der Waals surface area contributed by atoms with E-state index in [0.29, 0.717) is 5.82 Å². The van der Waals surface area contributed by atoms with Gasteiger partial charge in [-0.15, -0.1) is 0 Å². The van der Waals surface area contributed by atoms with Gasteiger partial charge in [-0.25, -0.2) is 9.97 Å². The fraction of sp³-hybridized carbons (Fsp3) is 0.158. The zero-order chi connectivity index (χ0) is 16.2. The summed E-state index contributed by atoms with van der Waals surface area (Å²) >= 11 is 0. The molecule has 1 N–H and O–H groups in total. The lowest BCUT2D eigenvalue weighted by molar-refractivity contribution is 0.402. The normalized spacial score (nSPS) is 10.9. The molecule has 1 heterocycles. The molecule has 0 bridgehead atoms. The molecule has 0 saturated carbocycles. The fourth-order valence-electron chi connectivity index (χ4n) is 2.46. The van der Waals surface area contributed by atoms with Crippen molar-refractivity contribution in [1.82, 2.24) is 14.9 Å². The van der Waals surface area contributed by atoms with E-state index >= 15 is 0 Å². The number of hydrogen-bond donors (Lipinski definition) is 1. The zero-order valence-corrected chi connectivity index (χ0v) is 13.3. The van der Waals surface area contributed by atoms with Crippen molar-refractivity contribution >= 4 is 0 Å². The standard InChI is InChI=1S/C19H19N3O/c1-22(2)13-14-4-3-5-16(12-14)18-10-11-20-19(21-18)15-6-8-17(23)9-7-15/h3-12,23H,13H2,1-2H3. The van der Waals surface area contributed by atoms with Crippen molar-refractivity contribution in [3.05, 3.63) is 66.4 Å². The molecule has 0 fully saturated rings. The molecule has 116 valence electrons. The van der Waals surface area contributed by atoms with Crippen molar-refractivity contribution in [2.75, 3.05) is 14.1 Å². The molecule has 0 unspecified atom stereocenters. The maximum atomic E-state index is 9.39. The van der Waals surface area contributed by atoms with Gasteiger partial charge in [0.1, 0.15) is 5.75 Å². The third kappa shape index (κ3) is 3.73. The van der Waals surface area contributed by atoms with Crippen molar-refractivity contribution in [2.24, 2.45) is 0 Å². The smallest absolute Gasteiger partial charge is 0.159 e. The Hall–Kier alpha value is -2.72. The van der Waals surface area contributed by atoms with E-state index in [0.717, 1.165) is 23.4 Å². The summed E-state index contributed by atoms with van der Waals surface area (Å²) in [7, 11) is 4.11. The van der Waals surface area contributed by atoms with E-state index < -0.39 is 0 Å². The average Bonchev–Trinajstić information content (AvgIpc) is 2.55. The van der Waals surface area contributed by atoms with E-state index in [1.165, 1.54) is 5.56 Å². The molecule has 0 aliphatic rings. The highest BCUT2D eigenvalue weighted by molar-refractivity contribution is 5.64. The quantitative estimate of drug-likeness (QED) is 0.800. The largest absolute Gasteiger partial charge is 0.508 e. The van der Waals surface area contributed by atoms with Gasteiger partial charge in [0.05, 0.1) is 5.69 Å². The maximum absolute atomic E-state index is 9.39. The van der Waals surface area contributed by atoms with Crippen molar-refractivity contribution in [1.29, 1.82) is 0 Å². The lowest BCUT2D eigenvalue weighted by Crippen LogP contribution is -2.10. The first-order valence-corrected chi connectivity index (χ1v) is 7.48. The Balaban J connectivity index is 1.95. The first-order valence-electron chi connectivity index (χ1n) is 7.48. The number of benzene rings is 2. The van der Waals surface area contributed by atoms with Gasteiger partial charge in [0.15, 0.2) is 5.82 Å². The van der Waals surface area contributed by atoms with Crippen molar-refractivity contribution in [3.63, 3.8) is 0 Å². The van der Waals surface area contributed by atoms with Crippen LogP contribution in [0.5, 0.6) is 5.75 Å². The number of phenols is 1. The SMILES string of the molecule is CN(C)Cc1cccc(-c2ccnc(-c3ccc(O)cc3)n2)c1. The number of aromatic hydroxyl groups is 1. The van der Waals surface area contributed by atoms with Gasteiger partial charge in [0.25, 0.3) is 0 Å². The molecule has 0 radical (unpaired) electrons. The Bertz CT molecular complexity index is 798. The van der Waals surface area contributed by atoms with Gasteiger partial charge in [0, 0.05) is 23.9 Å². The minimum Gasteiger partial charge on any atom is -0.508 e. The van der Waals surface area contributed by atoms with Crippen molar-refractivity contribution in [2.45, 2.75) is 6.54 Å². The summed E-state index contributed by atoms with van der Waals surface area (Å²) in [6, 6.07) is 17.2. The van der Waals surface area contributed by atoms with E-state index in [1.54, 1.807) is 18.3 Å². The van der Waals surface area contributed by atoms with Crippen LogP contribution in [0, 0.1) is 0 Å². The van der Waals surface area contributed by atoms with Crippen LogP contribution in [0.3, 0.4) is 0 Å². The summed E-state index contributed by atoms with van der Waals surface area (Å²) in [6.45, 7) is 0.893. The third-order valence-electron chi connectivity index (χ3n) is 3.50. The highest BCUT2D eigenvalue weighted by Gasteiger charge is 2.06. The molecule has 23 heavy (non-hydrogen) atoms. The van der Waals surface area contributed by atoms with E-state index in [4.69, 9.17) is 0 Å². The zero-order valence-electron chi connectivity index (χ0n) is 13.3. The van der Waals surface area contributed by atoms with Crippen LogP contribution < -0.4 is 0 Å². The van der Waals surface area contributed by atoms with Gasteiger partial charge in [-0.3, -0.25) is 0 Å². The summed E-state index contributed by atoms with van der Waals surface area (Å²) in [5.41, 5.74) is 4.10. The number of rotatable bonds is 4. The molecule has 2 aromatic carbocycles. The van der Waals surface area contributed by atoms with Crippen LogP contribution in [0.4, 0.5) is 0 Å². The lowest BCUT2D eigenvalue weighted by atomic mass is 10.1. The summed E-state index contributed by atoms with van der Waals surface area (Å²) in [5.74, 6) is 0.891. The monoisotopic (exact) mass is 305 g/mol. The minimum absolute atomic E-state index is 0.237. The molecular weight excluding hydrogens is 286 g/mol. The number of aromatic nitrogens is 2. The van der Waals surface area contributed by atoms with Gasteiger partial charge in [0.2, 0.25) is 0 Å². The lowest BCUT2D eigenvalue weighted by Gasteiger charge is -2.11. The number of phenolic OH excluding ortho intramolecular Hbond substituents is 1. The van der Waals surface area contributed by atoms with E-state index in [-0.39, 0.29) is 5.75 Å². The Morgan fingerprint density at radius 3 is 2.48 bits per heavy atom. The topological polar surface area (TPSA) is 49.2 Å². The molecule has 0 aliphatic heterocycles. The Morgan fingerprint density at radius 1 is 0.957 bits per heavy atom. The second-order valence-electron chi connectivity index (χ2n) is 5.75. The Labute approximate surface area is 136 Å². The second kappa shape index (κ2) is 6.58. The van der Waals surface area contributed by atoms with Gasteiger partial charge < -0.3 is 10.0 Å². The van der Waals surface area contributed by atoms with Crippen molar-refractivity contribution < 1.29 is 5.11 Å². The molecule has 4 heteroatoms. The van der Waals surface area contributed by atoms with Gasteiger partial charge in [-0.2, -0.15) is 0 Å².